The first-order valence-corrected chi connectivity index (χ1v) is 9.09. The van der Waals surface area contributed by atoms with Crippen molar-refractivity contribution in [3.8, 4) is 0 Å². The van der Waals surface area contributed by atoms with Gasteiger partial charge in [-0.25, -0.2) is 8.42 Å². The van der Waals surface area contributed by atoms with E-state index in [0.717, 1.165) is 24.2 Å². The van der Waals surface area contributed by atoms with Gasteiger partial charge in [0.1, 0.15) is 0 Å². The number of hydrogen-bond donors (Lipinski definition) is 2. The Kier molecular flexibility index (Phi) is 4.88. The molecule has 1 unspecified atom stereocenters. The minimum Gasteiger partial charge on any atom is -0.385 e. The number of nitrogens with one attached hydrogen (secondary N) is 2. The average molecular weight is 310 g/mol. The molecule has 1 fully saturated rings. The Morgan fingerprint density at radius 1 is 1.38 bits per heavy atom. The number of anilines is 1. The van der Waals surface area contributed by atoms with Crippen molar-refractivity contribution in [2.24, 2.45) is 0 Å². The van der Waals surface area contributed by atoms with Crippen LogP contribution in [0.15, 0.2) is 18.2 Å². The highest BCUT2D eigenvalue weighted by Gasteiger charge is 2.29. The maximum atomic E-state index is 12.2. The standard InChI is InChI=1S/C15H22N2O3S/c1-3-7-16-14-5-4-12(9-11(14)2)15(18)17-13-6-8-21(19,20)10-13/h4-5,9,13,16H,3,6-8,10H2,1-2H3,(H,17,18). The van der Waals surface area contributed by atoms with Crippen LogP contribution in [0.3, 0.4) is 0 Å². The lowest BCUT2D eigenvalue weighted by Crippen LogP contribution is -2.35. The Balaban J connectivity index is 2.01. The van der Waals surface area contributed by atoms with Gasteiger partial charge >= 0.3 is 0 Å². The summed E-state index contributed by atoms with van der Waals surface area (Å²) in [7, 11) is -2.97. The number of carbonyl (C=O) groups is 1. The maximum Gasteiger partial charge on any atom is 0.251 e. The van der Waals surface area contributed by atoms with E-state index in [1.54, 1.807) is 6.07 Å². The van der Waals surface area contributed by atoms with Gasteiger partial charge in [0.25, 0.3) is 5.91 Å². The van der Waals surface area contributed by atoms with Crippen molar-refractivity contribution in [3.05, 3.63) is 29.3 Å². The molecule has 1 aromatic carbocycles. The SMILES string of the molecule is CCCNc1ccc(C(=O)NC2CCS(=O)(=O)C2)cc1C. The number of aryl methyl sites for hydroxylation is 1. The van der Waals surface area contributed by atoms with Gasteiger partial charge < -0.3 is 10.6 Å². The Morgan fingerprint density at radius 2 is 2.14 bits per heavy atom. The number of carbonyl (C=O) groups excluding carboxylic acids is 1. The summed E-state index contributed by atoms with van der Waals surface area (Å²) >= 11 is 0. The third-order valence-corrected chi connectivity index (χ3v) is 5.39. The third-order valence-electron chi connectivity index (χ3n) is 3.62. The first-order chi connectivity index (χ1) is 9.91. The fraction of sp³-hybridized carbons (Fsp3) is 0.533. The number of benzene rings is 1. The average Bonchev–Trinajstić information content (AvgIpc) is 2.76. The summed E-state index contributed by atoms with van der Waals surface area (Å²) in [5.74, 6) is 0.00675. The lowest BCUT2D eigenvalue weighted by molar-refractivity contribution is 0.0941. The van der Waals surface area contributed by atoms with Gasteiger partial charge in [0.15, 0.2) is 9.84 Å². The number of amides is 1. The van der Waals surface area contributed by atoms with Crippen molar-refractivity contribution in [1.82, 2.24) is 5.32 Å². The topological polar surface area (TPSA) is 75.3 Å². The number of rotatable bonds is 5. The summed E-state index contributed by atoms with van der Waals surface area (Å²) in [5, 5.41) is 6.10. The van der Waals surface area contributed by atoms with Crippen LogP contribution < -0.4 is 10.6 Å². The van der Waals surface area contributed by atoms with Crippen LogP contribution in [0, 0.1) is 6.92 Å². The molecule has 2 rings (SSSR count). The highest BCUT2D eigenvalue weighted by atomic mass is 32.2. The predicted molar refractivity (Wildman–Crippen MR) is 84.5 cm³/mol. The van der Waals surface area contributed by atoms with Gasteiger partial charge in [-0.3, -0.25) is 4.79 Å². The molecule has 0 spiro atoms. The summed E-state index contributed by atoms with van der Waals surface area (Å²) in [4.78, 5) is 12.2. The zero-order valence-electron chi connectivity index (χ0n) is 12.5. The van der Waals surface area contributed by atoms with E-state index in [4.69, 9.17) is 0 Å². The van der Waals surface area contributed by atoms with Gasteiger partial charge in [-0.15, -0.1) is 0 Å². The Morgan fingerprint density at radius 3 is 2.71 bits per heavy atom. The van der Waals surface area contributed by atoms with Gasteiger partial charge in [-0.05, 0) is 43.5 Å². The molecular weight excluding hydrogens is 288 g/mol. The monoisotopic (exact) mass is 310 g/mol. The van der Waals surface area contributed by atoms with E-state index in [-0.39, 0.29) is 23.5 Å². The molecule has 0 bridgehead atoms. The van der Waals surface area contributed by atoms with E-state index < -0.39 is 9.84 Å². The minimum atomic E-state index is -2.97. The molecule has 21 heavy (non-hydrogen) atoms. The second-order valence-electron chi connectivity index (χ2n) is 5.53. The lowest BCUT2D eigenvalue weighted by atomic mass is 10.1. The molecule has 0 aliphatic carbocycles. The summed E-state index contributed by atoms with van der Waals surface area (Å²) < 4.78 is 22.8. The van der Waals surface area contributed by atoms with Crippen LogP contribution in [0.4, 0.5) is 5.69 Å². The quantitative estimate of drug-likeness (QED) is 0.868. The summed E-state index contributed by atoms with van der Waals surface area (Å²) in [6.07, 6.45) is 1.54. The number of hydrogen-bond acceptors (Lipinski definition) is 4. The highest BCUT2D eigenvalue weighted by Crippen LogP contribution is 2.17. The van der Waals surface area contributed by atoms with E-state index in [2.05, 4.69) is 17.6 Å². The molecule has 1 aromatic rings. The van der Waals surface area contributed by atoms with Crippen LogP contribution >= 0.6 is 0 Å². The van der Waals surface area contributed by atoms with Gasteiger partial charge in [0.05, 0.1) is 11.5 Å². The zero-order chi connectivity index (χ0) is 15.5. The third kappa shape index (κ3) is 4.20. The molecule has 1 saturated heterocycles. The highest BCUT2D eigenvalue weighted by molar-refractivity contribution is 7.91. The molecule has 2 N–H and O–H groups in total. The maximum absolute atomic E-state index is 12.2. The van der Waals surface area contributed by atoms with Gasteiger partial charge in [-0.2, -0.15) is 0 Å². The Hall–Kier alpha value is -1.56. The Labute approximate surface area is 126 Å². The van der Waals surface area contributed by atoms with Crippen molar-refractivity contribution >= 4 is 21.4 Å². The van der Waals surface area contributed by atoms with Crippen LogP contribution in [0.25, 0.3) is 0 Å². The van der Waals surface area contributed by atoms with Crippen LogP contribution in [-0.2, 0) is 9.84 Å². The van der Waals surface area contributed by atoms with Gasteiger partial charge in [0.2, 0.25) is 0 Å². The van der Waals surface area contributed by atoms with E-state index in [0.29, 0.717) is 12.0 Å². The molecule has 0 saturated carbocycles. The largest absolute Gasteiger partial charge is 0.385 e. The van der Waals surface area contributed by atoms with Crippen molar-refractivity contribution in [2.45, 2.75) is 32.7 Å². The summed E-state index contributed by atoms with van der Waals surface area (Å²) in [6, 6.07) is 5.23. The summed E-state index contributed by atoms with van der Waals surface area (Å²) in [6.45, 7) is 4.95. The number of sulfone groups is 1. The smallest absolute Gasteiger partial charge is 0.251 e. The predicted octanol–water partition coefficient (Wildman–Crippen LogP) is 1.73. The Bertz CT molecular complexity index is 626. The van der Waals surface area contributed by atoms with E-state index in [1.807, 2.05) is 19.1 Å². The van der Waals surface area contributed by atoms with Crippen LogP contribution in [0.1, 0.15) is 35.7 Å². The first kappa shape index (κ1) is 15.8. The molecule has 1 aliphatic rings. The molecule has 5 nitrogen and oxygen atoms in total. The molecule has 116 valence electrons. The molecule has 0 radical (unpaired) electrons. The van der Waals surface area contributed by atoms with Crippen LogP contribution in [0.2, 0.25) is 0 Å². The van der Waals surface area contributed by atoms with Crippen LogP contribution in [0.5, 0.6) is 0 Å². The van der Waals surface area contributed by atoms with Gasteiger partial charge in [0, 0.05) is 23.8 Å². The molecule has 1 amide bonds. The molecule has 6 heteroatoms. The molecule has 1 heterocycles. The van der Waals surface area contributed by atoms with Gasteiger partial charge in [-0.1, -0.05) is 6.92 Å². The minimum absolute atomic E-state index is 0.0495. The second kappa shape index (κ2) is 6.47. The first-order valence-electron chi connectivity index (χ1n) is 7.27. The van der Waals surface area contributed by atoms with Crippen molar-refractivity contribution in [3.63, 3.8) is 0 Å². The summed E-state index contributed by atoms with van der Waals surface area (Å²) in [5.41, 5.74) is 2.60. The zero-order valence-corrected chi connectivity index (χ0v) is 13.3. The molecule has 0 aromatic heterocycles. The van der Waals surface area contributed by atoms with Crippen LogP contribution in [-0.4, -0.2) is 38.4 Å². The van der Waals surface area contributed by atoms with Crippen molar-refractivity contribution in [1.29, 1.82) is 0 Å². The fourth-order valence-electron chi connectivity index (χ4n) is 2.44. The lowest BCUT2D eigenvalue weighted by Gasteiger charge is -2.13. The molecule has 1 aliphatic heterocycles. The van der Waals surface area contributed by atoms with E-state index in [1.165, 1.54) is 0 Å². The van der Waals surface area contributed by atoms with Crippen molar-refractivity contribution < 1.29 is 13.2 Å². The normalized spacial score (nSPS) is 20.2. The molecular formula is C15H22N2O3S. The van der Waals surface area contributed by atoms with Crippen molar-refractivity contribution in [2.75, 3.05) is 23.4 Å². The molecule has 1 atom stereocenters. The fourth-order valence-corrected chi connectivity index (χ4v) is 4.11. The van der Waals surface area contributed by atoms with E-state index in [9.17, 15) is 13.2 Å². The second-order valence-corrected chi connectivity index (χ2v) is 7.76. The van der Waals surface area contributed by atoms with E-state index >= 15 is 0 Å².